The Balaban J connectivity index is 0. The molecule has 0 heterocycles. The van der Waals surface area contributed by atoms with Gasteiger partial charge in [0.2, 0.25) is 11.8 Å². The first kappa shape index (κ1) is 19.7. The molecule has 0 spiro atoms. The standard InChI is InChI=1S/C7H14N2O.C6H12N2O/c1-3-4-5-9-7(10)6-8-2;1-3-4-6(9)8-5-7-2/h3-4,8H,5-6H2,1-2H3,(H,9,10);3-4,7H,5H2,1-2H3,(H,8,9)/b2*4-3+. The largest absolute Gasteiger partial charge is 0.352 e. The Bertz CT molecular complexity index is 288. The number of rotatable bonds is 7. The lowest BCUT2D eigenvalue weighted by molar-refractivity contribution is -0.120. The number of likely N-dealkylation sites (N-methyl/N-ethyl adjacent to an activating group) is 1. The Morgan fingerprint density at radius 2 is 1.68 bits per heavy atom. The molecule has 0 aliphatic heterocycles. The van der Waals surface area contributed by atoms with Gasteiger partial charge in [0.25, 0.3) is 0 Å². The van der Waals surface area contributed by atoms with E-state index in [2.05, 4.69) is 21.3 Å². The average Bonchev–Trinajstić information content (AvgIpc) is 2.38. The topological polar surface area (TPSA) is 82.3 Å². The van der Waals surface area contributed by atoms with Gasteiger partial charge in [-0.2, -0.15) is 0 Å². The summed E-state index contributed by atoms with van der Waals surface area (Å²) >= 11 is 0. The molecule has 2 amide bonds. The predicted octanol–water partition coefficient (Wildman–Crippen LogP) is -0.246. The van der Waals surface area contributed by atoms with Crippen LogP contribution in [0, 0.1) is 0 Å². The summed E-state index contributed by atoms with van der Waals surface area (Å²) < 4.78 is 0. The fourth-order valence-corrected chi connectivity index (χ4v) is 0.899. The first-order valence-electron chi connectivity index (χ1n) is 6.19. The monoisotopic (exact) mass is 270 g/mol. The van der Waals surface area contributed by atoms with Gasteiger partial charge < -0.3 is 21.3 Å². The van der Waals surface area contributed by atoms with Gasteiger partial charge in [-0.15, -0.1) is 0 Å². The van der Waals surface area contributed by atoms with Crippen LogP contribution >= 0.6 is 0 Å². The number of amides is 2. The zero-order valence-electron chi connectivity index (χ0n) is 12.2. The summed E-state index contributed by atoms with van der Waals surface area (Å²) in [6.07, 6.45) is 6.98. The second kappa shape index (κ2) is 16.3. The van der Waals surface area contributed by atoms with Gasteiger partial charge in [0.15, 0.2) is 0 Å². The van der Waals surface area contributed by atoms with Crippen molar-refractivity contribution in [2.24, 2.45) is 0 Å². The molecular weight excluding hydrogens is 244 g/mol. The molecule has 0 unspecified atom stereocenters. The third-order valence-electron chi connectivity index (χ3n) is 1.75. The van der Waals surface area contributed by atoms with Crippen molar-refractivity contribution < 1.29 is 9.59 Å². The van der Waals surface area contributed by atoms with E-state index >= 15 is 0 Å². The minimum absolute atomic E-state index is 0.0283. The van der Waals surface area contributed by atoms with Gasteiger partial charge in [0.05, 0.1) is 13.2 Å². The summed E-state index contributed by atoms with van der Waals surface area (Å²) in [6.45, 7) is 5.25. The Kier molecular flexibility index (Phi) is 16.9. The number of hydrogen-bond donors (Lipinski definition) is 4. The van der Waals surface area contributed by atoms with Crippen LogP contribution in [-0.2, 0) is 9.59 Å². The van der Waals surface area contributed by atoms with Crippen LogP contribution in [0.4, 0.5) is 0 Å². The Morgan fingerprint density at radius 1 is 1.00 bits per heavy atom. The maximum atomic E-state index is 10.7. The molecular formula is C13H26N4O2. The van der Waals surface area contributed by atoms with E-state index in [4.69, 9.17) is 0 Å². The van der Waals surface area contributed by atoms with E-state index in [1.807, 2.05) is 19.1 Å². The molecule has 0 fully saturated rings. The van der Waals surface area contributed by atoms with Crippen molar-refractivity contribution in [3.05, 3.63) is 24.3 Å². The van der Waals surface area contributed by atoms with Gasteiger partial charge in [0, 0.05) is 6.54 Å². The van der Waals surface area contributed by atoms with Gasteiger partial charge in [-0.05, 0) is 34.0 Å². The van der Waals surface area contributed by atoms with Gasteiger partial charge in [-0.3, -0.25) is 9.59 Å². The third kappa shape index (κ3) is 18.9. The number of nitrogens with one attached hydrogen (secondary N) is 4. The van der Waals surface area contributed by atoms with E-state index in [-0.39, 0.29) is 11.8 Å². The van der Waals surface area contributed by atoms with E-state index in [9.17, 15) is 9.59 Å². The molecule has 0 aromatic heterocycles. The molecule has 19 heavy (non-hydrogen) atoms. The minimum Gasteiger partial charge on any atom is -0.352 e. The number of carbonyl (C=O) groups is 2. The summed E-state index contributed by atoms with van der Waals surface area (Å²) in [5, 5.41) is 10.8. The van der Waals surface area contributed by atoms with Crippen molar-refractivity contribution in [1.82, 2.24) is 21.3 Å². The maximum Gasteiger partial charge on any atom is 0.244 e. The van der Waals surface area contributed by atoms with E-state index in [1.165, 1.54) is 6.08 Å². The number of allylic oxidation sites excluding steroid dienone is 2. The van der Waals surface area contributed by atoms with Crippen molar-refractivity contribution in [2.45, 2.75) is 13.8 Å². The van der Waals surface area contributed by atoms with Crippen LogP contribution in [0.25, 0.3) is 0 Å². The molecule has 4 N–H and O–H groups in total. The number of carbonyl (C=O) groups excluding carboxylic acids is 2. The van der Waals surface area contributed by atoms with Crippen LogP contribution in [0.1, 0.15) is 13.8 Å². The molecule has 0 saturated heterocycles. The zero-order chi connectivity index (χ0) is 14.9. The summed E-state index contributed by atoms with van der Waals surface area (Å²) in [5.74, 6) is -0.0348. The first-order valence-corrected chi connectivity index (χ1v) is 6.19. The van der Waals surface area contributed by atoms with Crippen molar-refractivity contribution in [2.75, 3.05) is 33.9 Å². The molecule has 0 bridgehead atoms. The maximum absolute atomic E-state index is 10.7. The van der Waals surface area contributed by atoms with Crippen LogP contribution in [-0.4, -0.2) is 45.7 Å². The summed E-state index contributed by atoms with van der Waals surface area (Å²) in [4.78, 5) is 21.3. The van der Waals surface area contributed by atoms with E-state index in [1.54, 1.807) is 27.1 Å². The van der Waals surface area contributed by atoms with Gasteiger partial charge in [-0.1, -0.05) is 18.2 Å². The molecule has 0 rings (SSSR count). The lowest BCUT2D eigenvalue weighted by atomic mass is 10.5. The normalized spacial score (nSPS) is 10.1. The molecule has 0 aromatic carbocycles. The predicted molar refractivity (Wildman–Crippen MR) is 78.6 cm³/mol. The van der Waals surface area contributed by atoms with Crippen LogP contribution in [0.3, 0.4) is 0 Å². The fraction of sp³-hybridized carbons (Fsp3) is 0.538. The van der Waals surface area contributed by atoms with Crippen LogP contribution in [0.2, 0.25) is 0 Å². The molecule has 6 nitrogen and oxygen atoms in total. The summed E-state index contributed by atoms with van der Waals surface area (Å²) in [6, 6.07) is 0. The molecule has 6 heteroatoms. The Labute approximate surface area is 115 Å². The van der Waals surface area contributed by atoms with Gasteiger partial charge >= 0.3 is 0 Å². The molecule has 0 radical (unpaired) electrons. The van der Waals surface area contributed by atoms with E-state index in [0.717, 1.165) is 0 Å². The molecule has 0 aromatic rings. The second-order valence-corrected chi connectivity index (χ2v) is 3.47. The summed E-state index contributed by atoms with van der Waals surface area (Å²) in [7, 11) is 3.52. The third-order valence-corrected chi connectivity index (χ3v) is 1.75. The van der Waals surface area contributed by atoms with Crippen molar-refractivity contribution in [3.8, 4) is 0 Å². The molecule has 0 aliphatic rings. The average molecular weight is 270 g/mol. The number of hydrogen-bond acceptors (Lipinski definition) is 4. The fourth-order valence-electron chi connectivity index (χ4n) is 0.899. The minimum atomic E-state index is -0.0631. The SMILES string of the molecule is C/C=C/C(=O)NCNC.C/C=C/CNC(=O)CNC. The highest BCUT2D eigenvalue weighted by Crippen LogP contribution is 1.68. The zero-order valence-corrected chi connectivity index (χ0v) is 12.2. The first-order chi connectivity index (χ1) is 9.12. The van der Waals surface area contributed by atoms with Crippen molar-refractivity contribution >= 4 is 11.8 Å². The summed E-state index contributed by atoms with van der Waals surface area (Å²) in [5.41, 5.74) is 0. The van der Waals surface area contributed by atoms with Crippen molar-refractivity contribution in [1.29, 1.82) is 0 Å². The van der Waals surface area contributed by atoms with Crippen LogP contribution in [0.15, 0.2) is 24.3 Å². The van der Waals surface area contributed by atoms with Crippen LogP contribution in [0.5, 0.6) is 0 Å². The molecule has 0 atom stereocenters. The lowest BCUT2D eigenvalue weighted by Gasteiger charge is -1.99. The quantitative estimate of drug-likeness (QED) is 0.292. The lowest BCUT2D eigenvalue weighted by Crippen LogP contribution is -2.32. The van der Waals surface area contributed by atoms with Crippen molar-refractivity contribution in [3.63, 3.8) is 0 Å². The Morgan fingerprint density at radius 3 is 2.16 bits per heavy atom. The molecule has 110 valence electrons. The molecule has 0 saturated carbocycles. The molecule has 0 aliphatic carbocycles. The highest BCUT2D eigenvalue weighted by molar-refractivity contribution is 5.87. The highest BCUT2D eigenvalue weighted by atomic mass is 16.2. The van der Waals surface area contributed by atoms with E-state index in [0.29, 0.717) is 19.8 Å². The van der Waals surface area contributed by atoms with Crippen LogP contribution < -0.4 is 21.3 Å². The van der Waals surface area contributed by atoms with Gasteiger partial charge in [0.1, 0.15) is 0 Å². The van der Waals surface area contributed by atoms with Gasteiger partial charge in [-0.25, -0.2) is 0 Å². The second-order valence-electron chi connectivity index (χ2n) is 3.47. The Hall–Kier alpha value is -1.66. The highest BCUT2D eigenvalue weighted by Gasteiger charge is 1.93. The smallest absolute Gasteiger partial charge is 0.244 e. The van der Waals surface area contributed by atoms with E-state index < -0.39 is 0 Å².